The quantitative estimate of drug-likeness (QED) is 0.588. The lowest BCUT2D eigenvalue weighted by Gasteiger charge is -2.35. The summed E-state index contributed by atoms with van der Waals surface area (Å²) in [5.74, 6) is 1.57. The third-order valence-corrected chi connectivity index (χ3v) is 6.11. The topological polar surface area (TPSA) is 102 Å². The van der Waals surface area contributed by atoms with E-state index in [1.807, 2.05) is 13.8 Å². The number of nitrogens with zero attached hydrogens (tertiary/aromatic N) is 5. The summed E-state index contributed by atoms with van der Waals surface area (Å²) in [5, 5.41) is 4.09. The highest BCUT2D eigenvalue weighted by Gasteiger charge is 2.25. The van der Waals surface area contributed by atoms with Gasteiger partial charge in [-0.3, -0.25) is 4.90 Å². The smallest absolute Gasteiger partial charge is 0.324 e. The molecule has 3 rings (SSSR count). The van der Waals surface area contributed by atoms with Crippen molar-refractivity contribution in [3.8, 4) is 5.75 Å². The van der Waals surface area contributed by atoms with Crippen LogP contribution >= 0.6 is 12.4 Å². The van der Waals surface area contributed by atoms with Crippen molar-refractivity contribution in [3.63, 3.8) is 0 Å². The maximum absolute atomic E-state index is 11.4. The molecule has 0 N–H and O–H groups in total. The van der Waals surface area contributed by atoms with E-state index in [-0.39, 0.29) is 23.4 Å². The second-order valence-electron chi connectivity index (χ2n) is 7.74. The molecule has 0 amide bonds. The number of halogens is 1. The van der Waals surface area contributed by atoms with Gasteiger partial charge in [0.15, 0.2) is 20.7 Å². The molecular formula is C19H30ClN5O4S. The fourth-order valence-electron chi connectivity index (χ4n) is 3.25. The number of anilines is 1. The molecular weight excluding hydrogens is 430 g/mol. The van der Waals surface area contributed by atoms with Gasteiger partial charge in [0, 0.05) is 37.8 Å². The zero-order chi connectivity index (χ0) is 21.0. The number of sulfone groups is 1. The van der Waals surface area contributed by atoms with E-state index in [1.165, 1.54) is 12.3 Å². The van der Waals surface area contributed by atoms with Crippen molar-refractivity contribution in [1.82, 2.24) is 20.0 Å². The van der Waals surface area contributed by atoms with Crippen molar-refractivity contribution < 1.29 is 17.7 Å². The average molecular weight is 460 g/mol. The standard InChI is InChI=1S/C19H29N5O4S.ClH/c1-14(2)18-21-19(28-22-18)24-9-7-15(8-10-24)23(3)11-12-27-16-5-6-17(20-13-16)29(4,25)26;/h5-6,13-15H,7-12H2,1-4H3;1H. The van der Waals surface area contributed by atoms with E-state index in [9.17, 15) is 8.42 Å². The molecule has 1 fully saturated rings. The number of rotatable bonds is 8. The summed E-state index contributed by atoms with van der Waals surface area (Å²) in [6, 6.07) is 4.18. The molecule has 2 aromatic rings. The Hall–Kier alpha value is -1.91. The third kappa shape index (κ3) is 6.29. The lowest BCUT2D eigenvalue weighted by molar-refractivity contribution is 0.169. The maximum Gasteiger partial charge on any atom is 0.324 e. The number of likely N-dealkylation sites (N-methyl/N-ethyl adjacent to an activating group) is 1. The van der Waals surface area contributed by atoms with Crippen LogP contribution in [0, 0.1) is 0 Å². The van der Waals surface area contributed by atoms with Crippen LogP contribution in [-0.2, 0) is 9.84 Å². The van der Waals surface area contributed by atoms with Gasteiger partial charge in [-0.1, -0.05) is 19.0 Å². The Labute approximate surface area is 184 Å². The van der Waals surface area contributed by atoms with E-state index in [2.05, 4.69) is 32.0 Å². The van der Waals surface area contributed by atoms with E-state index in [1.54, 1.807) is 6.07 Å². The molecule has 0 radical (unpaired) electrons. The predicted molar refractivity (Wildman–Crippen MR) is 116 cm³/mol. The average Bonchev–Trinajstić information content (AvgIpc) is 3.18. The van der Waals surface area contributed by atoms with Crippen molar-refractivity contribution in [1.29, 1.82) is 0 Å². The summed E-state index contributed by atoms with van der Waals surface area (Å²) in [5.41, 5.74) is 0. The normalized spacial score (nSPS) is 15.5. The number of hydrogen-bond acceptors (Lipinski definition) is 9. The van der Waals surface area contributed by atoms with E-state index in [4.69, 9.17) is 9.26 Å². The van der Waals surface area contributed by atoms with Gasteiger partial charge in [-0.15, -0.1) is 12.4 Å². The molecule has 0 aromatic carbocycles. The molecule has 1 saturated heterocycles. The summed E-state index contributed by atoms with van der Waals surface area (Å²) in [6.45, 7) is 7.15. The molecule has 3 heterocycles. The third-order valence-electron chi connectivity index (χ3n) is 5.11. The zero-order valence-corrected chi connectivity index (χ0v) is 19.4. The molecule has 11 heteroatoms. The van der Waals surface area contributed by atoms with Crippen LogP contribution in [0.25, 0.3) is 0 Å². The van der Waals surface area contributed by atoms with Crippen LogP contribution in [0.4, 0.5) is 6.01 Å². The fraction of sp³-hybridized carbons (Fsp3) is 0.632. The fourth-order valence-corrected chi connectivity index (χ4v) is 3.81. The number of pyridine rings is 1. The molecule has 30 heavy (non-hydrogen) atoms. The molecule has 0 saturated carbocycles. The Morgan fingerprint density at radius 3 is 2.53 bits per heavy atom. The zero-order valence-electron chi connectivity index (χ0n) is 17.8. The van der Waals surface area contributed by atoms with Crippen LogP contribution < -0.4 is 9.64 Å². The first-order valence-electron chi connectivity index (χ1n) is 9.81. The van der Waals surface area contributed by atoms with Crippen LogP contribution in [0.5, 0.6) is 5.75 Å². The van der Waals surface area contributed by atoms with Gasteiger partial charge in [0.25, 0.3) is 0 Å². The van der Waals surface area contributed by atoms with Crippen molar-refractivity contribution in [3.05, 3.63) is 24.2 Å². The molecule has 0 aliphatic carbocycles. The number of hydrogen-bond donors (Lipinski definition) is 0. The van der Waals surface area contributed by atoms with Crippen molar-refractivity contribution in [2.75, 3.05) is 44.4 Å². The second kappa shape index (κ2) is 10.4. The van der Waals surface area contributed by atoms with Crippen molar-refractivity contribution >= 4 is 28.3 Å². The van der Waals surface area contributed by atoms with Crippen molar-refractivity contribution in [2.45, 2.75) is 43.7 Å². The first-order valence-corrected chi connectivity index (χ1v) is 11.7. The highest BCUT2D eigenvalue weighted by atomic mass is 35.5. The summed E-state index contributed by atoms with van der Waals surface area (Å²) in [4.78, 5) is 12.9. The predicted octanol–water partition coefficient (Wildman–Crippen LogP) is 2.39. The second-order valence-corrected chi connectivity index (χ2v) is 9.70. The molecule has 1 aliphatic rings. The molecule has 0 spiro atoms. The number of piperidine rings is 1. The highest BCUT2D eigenvalue weighted by Crippen LogP contribution is 2.22. The summed E-state index contributed by atoms with van der Waals surface area (Å²) < 4.78 is 34.0. The van der Waals surface area contributed by atoms with Gasteiger partial charge in [-0.25, -0.2) is 13.4 Å². The summed E-state index contributed by atoms with van der Waals surface area (Å²) in [6.07, 6.45) is 4.61. The first-order chi connectivity index (χ1) is 13.7. The molecule has 0 bridgehead atoms. The minimum atomic E-state index is -3.29. The molecule has 0 unspecified atom stereocenters. The Morgan fingerprint density at radius 1 is 1.30 bits per heavy atom. The van der Waals surface area contributed by atoms with Gasteiger partial charge in [-0.05, 0) is 32.0 Å². The van der Waals surface area contributed by atoms with Gasteiger partial charge in [-0.2, -0.15) is 4.98 Å². The minimum absolute atomic E-state index is 0. The molecule has 2 aromatic heterocycles. The summed E-state index contributed by atoms with van der Waals surface area (Å²) in [7, 11) is -1.19. The van der Waals surface area contributed by atoms with Gasteiger partial charge < -0.3 is 14.2 Å². The van der Waals surface area contributed by atoms with Crippen LogP contribution in [0.1, 0.15) is 38.4 Å². The largest absolute Gasteiger partial charge is 0.491 e. The van der Waals surface area contributed by atoms with Gasteiger partial charge in [0.1, 0.15) is 12.4 Å². The van der Waals surface area contributed by atoms with E-state index in [0.29, 0.717) is 24.4 Å². The summed E-state index contributed by atoms with van der Waals surface area (Å²) >= 11 is 0. The molecule has 9 nitrogen and oxygen atoms in total. The Morgan fingerprint density at radius 2 is 2.00 bits per heavy atom. The lowest BCUT2D eigenvalue weighted by Crippen LogP contribution is -2.44. The van der Waals surface area contributed by atoms with Crippen molar-refractivity contribution in [2.24, 2.45) is 0 Å². The molecule has 168 valence electrons. The Balaban J connectivity index is 0.00000320. The molecule has 1 aliphatic heterocycles. The highest BCUT2D eigenvalue weighted by molar-refractivity contribution is 7.90. The lowest BCUT2D eigenvalue weighted by atomic mass is 10.0. The maximum atomic E-state index is 11.4. The van der Waals surface area contributed by atoms with Gasteiger partial charge in [0.2, 0.25) is 0 Å². The monoisotopic (exact) mass is 459 g/mol. The van der Waals surface area contributed by atoms with Crippen LogP contribution in [0.15, 0.2) is 27.9 Å². The number of aromatic nitrogens is 3. The SMILES string of the molecule is CC(C)c1noc(N2CCC(N(C)CCOc3ccc(S(C)(=O)=O)nc3)CC2)n1.Cl. The van der Waals surface area contributed by atoms with Crippen LogP contribution in [0.2, 0.25) is 0 Å². The van der Waals surface area contributed by atoms with Gasteiger partial charge in [0.05, 0.1) is 6.20 Å². The van der Waals surface area contributed by atoms with E-state index >= 15 is 0 Å². The minimum Gasteiger partial charge on any atom is -0.491 e. The van der Waals surface area contributed by atoms with E-state index < -0.39 is 9.84 Å². The van der Waals surface area contributed by atoms with Crippen LogP contribution in [-0.4, -0.2) is 74.0 Å². The Bertz CT molecular complexity index is 896. The molecule has 0 atom stereocenters. The Kier molecular flexibility index (Phi) is 8.45. The van der Waals surface area contributed by atoms with Crippen LogP contribution in [0.3, 0.4) is 0 Å². The van der Waals surface area contributed by atoms with Gasteiger partial charge >= 0.3 is 6.01 Å². The van der Waals surface area contributed by atoms with E-state index in [0.717, 1.165) is 44.6 Å². The number of ether oxygens (including phenoxy) is 1. The first kappa shape index (κ1) is 24.4.